The number of para-hydroxylation sites is 1. The predicted molar refractivity (Wildman–Crippen MR) is 73.9 cm³/mol. The minimum absolute atomic E-state index is 0.0733. The molecule has 6 heteroatoms. The molecule has 19 heavy (non-hydrogen) atoms. The van der Waals surface area contributed by atoms with Crippen LogP contribution in [-0.2, 0) is 11.3 Å². The Morgan fingerprint density at radius 2 is 2.37 bits per heavy atom. The number of thiazole rings is 1. The van der Waals surface area contributed by atoms with Crippen LogP contribution in [0.15, 0.2) is 24.3 Å². The molecule has 1 amide bonds. The van der Waals surface area contributed by atoms with Crippen molar-refractivity contribution in [2.75, 3.05) is 6.54 Å². The molecule has 0 bridgehead atoms. The highest BCUT2D eigenvalue weighted by Gasteiger charge is 2.27. The van der Waals surface area contributed by atoms with Gasteiger partial charge in [-0.3, -0.25) is 4.79 Å². The maximum Gasteiger partial charge on any atom is 0.237 e. The van der Waals surface area contributed by atoms with Gasteiger partial charge >= 0.3 is 0 Å². The van der Waals surface area contributed by atoms with E-state index in [9.17, 15) is 9.90 Å². The van der Waals surface area contributed by atoms with Crippen molar-refractivity contribution in [2.24, 2.45) is 0 Å². The second kappa shape index (κ2) is 5.24. The van der Waals surface area contributed by atoms with Gasteiger partial charge in [0.25, 0.3) is 0 Å². The summed E-state index contributed by atoms with van der Waals surface area (Å²) in [5, 5.41) is 16.1. The van der Waals surface area contributed by atoms with Gasteiger partial charge in [-0.15, -0.1) is 11.3 Å². The number of aromatic nitrogens is 1. The molecule has 0 unspecified atom stereocenters. The minimum atomic E-state index is -0.418. The Bertz CT molecular complexity index is 565. The first-order valence-electron chi connectivity index (χ1n) is 6.26. The lowest BCUT2D eigenvalue weighted by atomic mass is 10.2. The van der Waals surface area contributed by atoms with Gasteiger partial charge in [-0.25, -0.2) is 4.98 Å². The second-order valence-corrected chi connectivity index (χ2v) is 5.76. The smallest absolute Gasteiger partial charge is 0.237 e. The summed E-state index contributed by atoms with van der Waals surface area (Å²) < 4.78 is 1.13. The number of aliphatic hydroxyl groups is 1. The molecule has 0 saturated carbocycles. The van der Waals surface area contributed by atoms with Gasteiger partial charge in [0, 0.05) is 6.54 Å². The molecule has 1 fully saturated rings. The number of aliphatic hydroxyl groups excluding tert-OH is 1. The van der Waals surface area contributed by atoms with Crippen LogP contribution < -0.4 is 10.6 Å². The van der Waals surface area contributed by atoms with Gasteiger partial charge < -0.3 is 15.7 Å². The number of carbonyl (C=O) groups is 1. The van der Waals surface area contributed by atoms with Crippen LogP contribution in [0.1, 0.15) is 11.4 Å². The van der Waals surface area contributed by atoms with Gasteiger partial charge in [-0.05, 0) is 18.6 Å². The molecule has 0 radical (unpaired) electrons. The average molecular weight is 277 g/mol. The number of fused-ring (bicyclic) bond motifs is 1. The van der Waals surface area contributed by atoms with Crippen molar-refractivity contribution in [2.45, 2.75) is 25.1 Å². The molecule has 3 rings (SSSR count). The van der Waals surface area contributed by atoms with Crippen molar-refractivity contribution in [1.29, 1.82) is 0 Å². The third kappa shape index (κ3) is 2.75. The third-order valence-electron chi connectivity index (χ3n) is 3.18. The number of nitrogens with one attached hydrogen (secondary N) is 2. The Morgan fingerprint density at radius 3 is 3.11 bits per heavy atom. The van der Waals surface area contributed by atoms with Crippen molar-refractivity contribution in [1.82, 2.24) is 15.6 Å². The number of β-amino-alcohol motifs (C(OH)–C–C–N with tert-alkyl or cyclic N) is 1. The first-order chi connectivity index (χ1) is 9.22. The van der Waals surface area contributed by atoms with Gasteiger partial charge in [0.15, 0.2) is 0 Å². The van der Waals surface area contributed by atoms with E-state index in [0.29, 0.717) is 19.5 Å². The molecule has 5 nitrogen and oxygen atoms in total. The van der Waals surface area contributed by atoms with E-state index in [4.69, 9.17) is 0 Å². The summed E-state index contributed by atoms with van der Waals surface area (Å²) in [5.41, 5.74) is 0.964. The largest absolute Gasteiger partial charge is 0.392 e. The van der Waals surface area contributed by atoms with E-state index < -0.39 is 6.10 Å². The topological polar surface area (TPSA) is 74.2 Å². The van der Waals surface area contributed by atoms with E-state index in [-0.39, 0.29) is 11.9 Å². The van der Waals surface area contributed by atoms with Crippen LogP contribution in [0.2, 0.25) is 0 Å². The first kappa shape index (κ1) is 12.5. The first-order valence-corrected chi connectivity index (χ1v) is 7.07. The number of amides is 1. The third-order valence-corrected chi connectivity index (χ3v) is 4.21. The van der Waals surface area contributed by atoms with Gasteiger partial charge in [0.05, 0.1) is 28.9 Å². The van der Waals surface area contributed by atoms with Crippen LogP contribution >= 0.6 is 11.3 Å². The molecule has 1 aromatic heterocycles. The SMILES string of the molecule is O=C(NCc1nc2ccccc2s1)[C@H]1C[C@H](O)CN1. The second-order valence-electron chi connectivity index (χ2n) is 4.64. The fourth-order valence-corrected chi connectivity index (χ4v) is 3.11. The van der Waals surface area contributed by atoms with E-state index in [2.05, 4.69) is 15.6 Å². The van der Waals surface area contributed by atoms with Crippen LogP contribution in [0.4, 0.5) is 0 Å². The van der Waals surface area contributed by atoms with Crippen molar-refractivity contribution in [3.8, 4) is 0 Å². The highest BCUT2D eigenvalue weighted by molar-refractivity contribution is 7.18. The Kier molecular flexibility index (Phi) is 3.46. The Balaban J connectivity index is 1.61. The monoisotopic (exact) mass is 277 g/mol. The van der Waals surface area contributed by atoms with Gasteiger partial charge in [-0.2, -0.15) is 0 Å². The quantitative estimate of drug-likeness (QED) is 0.769. The summed E-state index contributed by atoms with van der Waals surface area (Å²) in [4.78, 5) is 16.3. The Labute approximate surface area is 114 Å². The fourth-order valence-electron chi connectivity index (χ4n) is 2.20. The highest BCUT2D eigenvalue weighted by Crippen LogP contribution is 2.21. The van der Waals surface area contributed by atoms with Crippen molar-refractivity contribution < 1.29 is 9.90 Å². The summed E-state index contributed by atoms with van der Waals surface area (Å²) >= 11 is 1.59. The van der Waals surface area contributed by atoms with Crippen LogP contribution in [-0.4, -0.2) is 34.7 Å². The summed E-state index contributed by atoms with van der Waals surface area (Å²) in [6, 6.07) is 7.63. The van der Waals surface area contributed by atoms with Crippen molar-refractivity contribution in [3.05, 3.63) is 29.3 Å². The van der Waals surface area contributed by atoms with Crippen LogP contribution in [0.5, 0.6) is 0 Å². The summed E-state index contributed by atoms with van der Waals surface area (Å²) in [6.07, 6.45) is 0.0595. The molecule has 1 aliphatic heterocycles. The average Bonchev–Trinajstić information content (AvgIpc) is 3.01. The van der Waals surface area contributed by atoms with Gasteiger partial charge in [0.1, 0.15) is 5.01 Å². The molecule has 2 heterocycles. The molecule has 1 aliphatic rings. The number of rotatable bonds is 3. The number of nitrogens with zero attached hydrogens (tertiary/aromatic N) is 1. The van der Waals surface area contributed by atoms with Gasteiger partial charge in [0.2, 0.25) is 5.91 Å². The van der Waals surface area contributed by atoms with Crippen LogP contribution in [0, 0.1) is 0 Å². The maximum absolute atomic E-state index is 11.9. The molecular weight excluding hydrogens is 262 g/mol. The molecule has 100 valence electrons. The van der Waals surface area contributed by atoms with Gasteiger partial charge in [-0.1, -0.05) is 12.1 Å². The lowest BCUT2D eigenvalue weighted by Crippen LogP contribution is -2.39. The highest BCUT2D eigenvalue weighted by atomic mass is 32.1. The van der Waals surface area contributed by atoms with Crippen molar-refractivity contribution >= 4 is 27.5 Å². The molecule has 3 N–H and O–H groups in total. The zero-order valence-corrected chi connectivity index (χ0v) is 11.1. The molecule has 1 aromatic carbocycles. The molecule has 2 atom stereocenters. The zero-order chi connectivity index (χ0) is 13.2. The number of hydrogen-bond acceptors (Lipinski definition) is 5. The number of carbonyl (C=O) groups excluding carboxylic acids is 1. The molecule has 2 aromatic rings. The summed E-state index contributed by atoms with van der Waals surface area (Å²) in [7, 11) is 0. The number of benzene rings is 1. The lowest BCUT2D eigenvalue weighted by molar-refractivity contribution is -0.123. The Morgan fingerprint density at radius 1 is 1.53 bits per heavy atom. The maximum atomic E-state index is 11.9. The molecule has 0 aliphatic carbocycles. The molecular formula is C13H15N3O2S. The van der Waals surface area contributed by atoms with Crippen LogP contribution in [0.25, 0.3) is 10.2 Å². The van der Waals surface area contributed by atoms with E-state index in [0.717, 1.165) is 15.2 Å². The van der Waals surface area contributed by atoms with E-state index in [1.807, 2.05) is 24.3 Å². The molecule has 0 spiro atoms. The Hall–Kier alpha value is -1.50. The van der Waals surface area contributed by atoms with Crippen molar-refractivity contribution in [3.63, 3.8) is 0 Å². The summed E-state index contributed by atoms with van der Waals surface area (Å²) in [5.74, 6) is -0.0733. The normalized spacial score (nSPS) is 22.8. The van der Waals surface area contributed by atoms with E-state index in [1.165, 1.54) is 0 Å². The van der Waals surface area contributed by atoms with Crippen LogP contribution in [0.3, 0.4) is 0 Å². The van der Waals surface area contributed by atoms with E-state index in [1.54, 1.807) is 11.3 Å². The van der Waals surface area contributed by atoms with E-state index >= 15 is 0 Å². The molecule has 1 saturated heterocycles. The predicted octanol–water partition coefficient (Wildman–Crippen LogP) is 0.635. The standard InChI is InChI=1S/C13H15N3O2S/c17-8-5-10(14-6-8)13(18)15-7-12-16-9-3-1-2-4-11(9)19-12/h1-4,8,10,14,17H,5-7H2,(H,15,18)/t8-,10+/m0/s1. The number of hydrogen-bond donors (Lipinski definition) is 3. The summed E-state index contributed by atoms with van der Waals surface area (Å²) in [6.45, 7) is 0.922. The lowest BCUT2D eigenvalue weighted by Gasteiger charge is -2.09. The minimum Gasteiger partial charge on any atom is -0.392 e. The fraction of sp³-hybridized carbons (Fsp3) is 0.385. The zero-order valence-electron chi connectivity index (χ0n) is 10.3.